The van der Waals surface area contributed by atoms with Crippen LogP contribution in [0.4, 0.5) is 5.69 Å². The zero-order valence-corrected chi connectivity index (χ0v) is 13.1. The summed E-state index contributed by atoms with van der Waals surface area (Å²) in [6, 6.07) is 9.67. The molecule has 0 bridgehead atoms. The topological polar surface area (TPSA) is 24.5 Å². The van der Waals surface area contributed by atoms with Crippen molar-refractivity contribution >= 4 is 5.69 Å². The number of hydrogen-bond donors (Lipinski definition) is 1. The summed E-state index contributed by atoms with van der Waals surface area (Å²) in [6.07, 6.45) is 2.67. The van der Waals surface area contributed by atoms with Crippen LogP contribution < -0.4 is 10.2 Å². The van der Waals surface area contributed by atoms with E-state index in [0.29, 0.717) is 6.04 Å². The highest BCUT2D eigenvalue weighted by molar-refractivity contribution is 5.49. The van der Waals surface area contributed by atoms with Crippen LogP contribution in [0.5, 0.6) is 0 Å². The Morgan fingerprint density at radius 1 is 1.20 bits per heavy atom. The van der Waals surface area contributed by atoms with E-state index in [2.05, 4.69) is 48.3 Å². The van der Waals surface area contributed by atoms with Gasteiger partial charge in [0, 0.05) is 38.5 Å². The summed E-state index contributed by atoms with van der Waals surface area (Å²) >= 11 is 0. The molecule has 112 valence electrons. The summed E-state index contributed by atoms with van der Waals surface area (Å²) in [7, 11) is 1.73. The largest absolute Gasteiger partial charge is 0.383 e. The van der Waals surface area contributed by atoms with E-state index in [1.54, 1.807) is 7.11 Å². The van der Waals surface area contributed by atoms with Crippen LogP contribution in [0.3, 0.4) is 0 Å². The van der Waals surface area contributed by atoms with Gasteiger partial charge >= 0.3 is 0 Å². The molecule has 1 N–H and O–H groups in total. The minimum atomic E-state index is 0.664. The van der Waals surface area contributed by atoms with Crippen LogP contribution in [-0.2, 0) is 11.3 Å². The van der Waals surface area contributed by atoms with Crippen LogP contribution in [0.25, 0.3) is 0 Å². The summed E-state index contributed by atoms with van der Waals surface area (Å²) in [5.41, 5.74) is 2.70. The lowest BCUT2D eigenvalue weighted by Crippen LogP contribution is -2.41. The van der Waals surface area contributed by atoms with E-state index in [1.807, 2.05) is 0 Å². The first-order chi connectivity index (χ1) is 9.70. The molecule has 1 aliphatic rings. The van der Waals surface area contributed by atoms with E-state index in [-0.39, 0.29) is 0 Å². The van der Waals surface area contributed by atoms with E-state index in [9.17, 15) is 0 Å². The van der Waals surface area contributed by atoms with Crippen LogP contribution in [0.1, 0.15) is 32.3 Å². The molecule has 1 aromatic carbocycles. The average molecular weight is 276 g/mol. The maximum absolute atomic E-state index is 5.03. The Kier molecular flexibility index (Phi) is 5.86. The molecule has 20 heavy (non-hydrogen) atoms. The third kappa shape index (κ3) is 4.22. The predicted octanol–water partition coefficient (Wildman–Crippen LogP) is 3.05. The molecule has 0 saturated carbocycles. The standard InChI is InChI=1S/C17H28N2O/c1-14-4-5-15(2)19(13-14)17-8-6-16(7-9-17)12-18-10-11-20-3/h6-9,14-15,18H,4-5,10-13H2,1-3H3. The van der Waals surface area contributed by atoms with Crippen LogP contribution >= 0.6 is 0 Å². The lowest BCUT2D eigenvalue weighted by molar-refractivity contribution is 0.199. The van der Waals surface area contributed by atoms with Crippen LogP contribution in [0.2, 0.25) is 0 Å². The zero-order valence-electron chi connectivity index (χ0n) is 13.1. The molecule has 1 aliphatic heterocycles. The number of hydrogen-bond acceptors (Lipinski definition) is 3. The predicted molar refractivity (Wildman–Crippen MR) is 85.2 cm³/mol. The average Bonchev–Trinajstić information content (AvgIpc) is 2.47. The Morgan fingerprint density at radius 3 is 2.65 bits per heavy atom. The van der Waals surface area contributed by atoms with E-state index >= 15 is 0 Å². The minimum Gasteiger partial charge on any atom is -0.383 e. The Morgan fingerprint density at radius 2 is 1.95 bits per heavy atom. The summed E-state index contributed by atoms with van der Waals surface area (Å²) < 4.78 is 5.03. The smallest absolute Gasteiger partial charge is 0.0587 e. The summed E-state index contributed by atoms with van der Waals surface area (Å²) in [4.78, 5) is 2.55. The van der Waals surface area contributed by atoms with Crippen molar-refractivity contribution in [3.8, 4) is 0 Å². The van der Waals surface area contributed by atoms with Crippen LogP contribution in [-0.4, -0.2) is 32.8 Å². The molecule has 1 saturated heterocycles. The van der Waals surface area contributed by atoms with Gasteiger partial charge in [0.05, 0.1) is 6.61 Å². The number of benzene rings is 1. The first-order valence-corrected chi connectivity index (χ1v) is 7.76. The third-order valence-corrected chi connectivity index (χ3v) is 4.20. The monoisotopic (exact) mass is 276 g/mol. The van der Waals surface area contributed by atoms with Crippen molar-refractivity contribution in [2.24, 2.45) is 5.92 Å². The van der Waals surface area contributed by atoms with Crippen molar-refractivity contribution in [3.05, 3.63) is 29.8 Å². The minimum absolute atomic E-state index is 0.664. The van der Waals surface area contributed by atoms with Gasteiger partial charge in [0.2, 0.25) is 0 Å². The number of nitrogens with zero attached hydrogens (tertiary/aromatic N) is 1. The van der Waals surface area contributed by atoms with Gasteiger partial charge in [-0.1, -0.05) is 19.1 Å². The van der Waals surface area contributed by atoms with Gasteiger partial charge in [0.1, 0.15) is 0 Å². The van der Waals surface area contributed by atoms with Crippen molar-refractivity contribution in [2.75, 3.05) is 31.7 Å². The fourth-order valence-corrected chi connectivity index (χ4v) is 2.86. The van der Waals surface area contributed by atoms with Gasteiger partial charge in [-0.15, -0.1) is 0 Å². The number of nitrogens with one attached hydrogen (secondary N) is 1. The Balaban J connectivity index is 1.90. The molecule has 1 aromatic rings. The fraction of sp³-hybridized carbons (Fsp3) is 0.647. The highest BCUT2D eigenvalue weighted by Gasteiger charge is 2.22. The first-order valence-electron chi connectivity index (χ1n) is 7.76. The SMILES string of the molecule is COCCNCc1ccc(N2CC(C)CCC2C)cc1. The Hall–Kier alpha value is -1.06. The maximum Gasteiger partial charge on any atom is 0.0587 e. The van der Waals surface area contributed by atoms with Gasteiger partial charge in [-0.3, -0.25) is 0 Å². The molecule has 1 heterocycles. The molecule has 2 atom stereocenters. The van der Waals surface area contributed by atoms with Crippen LogP contribution in [0.15, 0.2) is 24.3 Å². The zero-order chi connectivity index (χ0) is 14.4. The molecule has 0 amide bonds. The number of rotatable bonds is 6. The molecule has 2 rings (SSSR count). The van der Waals surface area contributed by atoms with Gasteiger partial charge in [-0.25, -0.2) is 0 Å². The molecular weight excluding hydrogens is 248 g/mol. The fourth-order valence-electron chi connectivity index (χ4n) is 2.86. The first kappa shape index (κ1) is 15.3. The summed E-state index contributed by atoms with van der Waals surface area (Å²) in [6.45, 7) is 8.46. The second-order valence-electron chi connectivity index (χ2n) is 6.02. The van der Waals surface area contributed by atoms with Gasteiger partial charge in [0.15, 0.2) is 0 Å². The number of ether oxygens (including phenoxy) is 1. The van der Waals surface area contributed by atoms with Crippen molar-refractivity contribution < 1.29 is 4.74 Å². The molecule has 0 aliphatic carbocycles. The second-order valence-corrected chi connectivity index (χ2v) is 6.02. The quantitative estimate of drug-likeness (QED) is 0.808. The van der Waals surface area contributed by atoms with Crippen molar-refractivity contribution in [2.45, 2.75) is 39.3 Å². The summed E-state index contributed by atoms with van der Waals surface area (Å²) in [5.74, 6) is 0.807. The Bertz CT molecular complexity index is 390. The second kappa shape index (κ2) is 7.65. The van der Waals surface area contributed by atoms with Gasteiger partial charge in [-0.2, -0.15) is 0 Å². The van der Waals surface area contributed by atoms with Crippen molar-refractivity contribution in [1.29, 1.82) is 0 Å². The van der Waals surface area contributed by atoms with E-state index in [0.717, 1.165) is 25.6 Å². The number of methoxy groups -OCH3 is 1. The van der Waals surface area contributed by atoms with Gasteiger partial charge < -0.3 is 15.0 Å². The molecule has 3 nitrogen and oxygen atoms in total. The van der Waals surface area contributed by atoms with Gasteiger partial charge in [0.25, 0.3) is 0 Å². The molecular formula is C17H28N2O. The van der Waals surface area contributed by atoms with E-state index < -0.39 is 0 Å². The Labute approximate surface area is 123 Å². The third-order valence-electron chi connectivity index (χ3n) is 4.20. The highest BCUT2D eigenvalue weighted by Crippen LogP contribution is 2.27. The summed E-state index contributed by atoms with van der Waals surface area (Å²) in [5, 5.41) is 3.38. The number of piperidine rings is 1. The van der Waals surface area contributed by atoms with Gasteiger partial charge in [-0.05, 0) is 43.4 Å². The maximum atomic E-state index is 5.03. The highest BCUT2D eigenvalue weighted by atomic mass is 16.5. The van der Waals surface area contributed by atoms with Crippen molar-refractivity contribution in [3.63, 3.8) is 0 Å². The molecule has 2 unspecified atom stereocenters. The van der Waals surface area contributed by atoms with E-state index in [1.165, 1.54) is 30.6 Å². The molecule has 0 spiro atoms. The van der Waals surface area contributed by atoms with Crippen molar-refractivity contribution in [1.82, 2.24) is 5.32 Å². The molecule has 0 radical (unpaired) electrons. The lowest BCUT2D eigenvalue weighted by atomic mass is 9.94. The lowest BCUT2D eigenvalue weighted by Gasteiger charge is -2.38. The number of anilines is 1. The normalized spacial score (nSPS) is 23.1. The molecule has 1 fully saturated rings. The van der Waals surface area contributed by atoms with E-state index in [4.69, 9.17) is 4.74 Å². The molecule has 3 heteroatoms. The van der Waals surface area contributed by atoms with Crippen LogP contribution in [0, 0.1) is 5.92 Å². The molecule has 0 aromatic heterocycles.